The molecule has 9 nitrogen and oxygen atoms in total. The number of ether oxygens (including phenoxy) is 2. The van der Waals surface area contributed by atoms with E-state index in [1.54, 1.807) is 6.07 Å². The Balaban J connectivity index is 1.34. The molecule has 10 heteroatoms. The number of fused-ring (bicyclic) bond motifs is 1. The Morgan fingerprint density at radius 2 is 1.79 bits per heavy atom. The highest BCUT2D eigenvalue weighted by Gasteiger charge is 2.26. The van der Waals surface area contributed by atoms with Crippen LogP contribution in [0.15, 0.2) is 47.4 Å². The van der Waals surface area contributed by atoms with Gasteiger partial charge in [-0.15, -0.1) is 0 Å². The maximum atomic E-state index is 12.7. The van der Waals surface area contributed by atoms with Crippen molar-refractivity contribution in [1.29, 1.82) is 0 Å². The highest BCUT2D eigenvalue weighted by atomic mass is 32.2. The third-order valence-electron chi connectivity index (χ3n) is 5.39. The lowest BCUT2D eigenvalue weighted by molar-refractivity contribution is -0.119. The first-order chi connectivity index (χ1) is 15.7. The molecule has 2 heterocycles. The van der Waals surface area contributed by atoms with Crippen molar-refractivity contribution in [2.24, 2.45) is 0 Å². The predicted molar refractivity (Wildman–Crippen MR) is 123 cm³/mol. The number of nitrogens with one attached hydrogen (secondary N) is 2. The van der Waals surface area contributed by atoms with Gasteiger partial charge in [0, 0.05) is 29.7 Å². The van der Waals surface area contributed by atoms with Gasteiger partial charge in [0.25, 0.3) is 5.91 Å². The minimum Gasteiger partial charge on any atom is -0.451 e. The number of aryl methyl sites for hydroxylation is 2. The van der Waals surface area contributed by atoms with Crippen LogP contribution in [0.4, 0.5) is 5.69 Å². The van der Waals surface area contributed by atoms with Gasteiger partial charge in [0.15, 0.2) is 6.61 Å². The molecule has 1 amide bonds. The van der Waals surface area contributed by atoms with Crippen LogP contribution >= 0.6 is 0 Å². The fourth-order valence-electron chi connectivity index (χ4n) is 3.76. The number of rotatable bonds is 6. The smallest absolute Gasteiger partial charge is 0.355 e. The van der Waals surface area contributed by atoms with E-state index in [2.05, 4.69) is 10.3 Å². The number of aromatic nitrogens is 1. The molecule has 0 spiro atoms. The summed E-state index contributed by atoms with van der Waals surface area (Å²) in [5.74, 6) is -1.17. The van der Waals surface area contributed by atoms with Crippen molar-refractivity contribution in [1.82, 2.24) is 9.29 Å². The molecule has 0 aliphatic carbocycles. The summed E-state index contributed by atoms with van der Waals surface area (Å²) < 4.78 is 37.0. The van der Waals surface area contributed by atoms with Gasteiger partial charge in [-0.3, -0.25) is 4.79 Å². The third kappa shape index (κ3) is 5.08. The maximum absolute atomic E-state index is 12.7. The standard InChI is InChI=1S/C23H25N3O6S/c1-15-11-16(2)19-13-21(25-20(19)12-15)23(28)32-14-22(27)24-17-3-5-18(6-4-17)33(29,30)26-7-9-31-10-8-26/h3-6,11-13,25H,7-10,14H2,1-2H3,(H,24,27). The van der Waals surface area contributed by atoms with Crippen LogP contribution in [0.3, 0.4) is 0 Å². The van der Waals surface area contributed by atoms with Crippen LogP contribution in [-0.4, -0.2) is 62.5 Å². The SMILES string of the molecule is Cc1cc(C)c2cc(C(=O)OCC(=O)Nc3ccc(S(=O)(=O)N4CCOCC4)cc3)[nH]c2c1. The van der Waals surface area contributed by atoms with Crippen LogP contribution in [0.25, 0.3) is 10.9 Å². The van der Waals surface area contributed by atoms with E-state index in [1.165, 1.54) is 28.6 Å². The maximum Gasteiger partial charge on any atom is 0.355 e. The second-order valence-electron chi connectivity index (χ2n) is 7.89. The van der Waals surface area contributed by atoms with E-state index >= 15 is 0 Å². The van der Waals surface area contributed by atoms with Crippen molar-refractivity contribution >= 4 is 38.5 Å². The summed E-state index contributed by atoms with van der Waals surface area (Å²) >= 11 is 0. The Labute approximate surface area is 191 Å². The van der Waals surface area contributed by atoms with Gasteiger partial charge in [-0.1, -0.05) is 6.07 Å². The highest BCUT2D eigenvalue weighted by molar-refractivity contribution is 7.89. The number of nitrogens with zero attached hydrogens (tertiary/aromatic N) is 1. The van der Waals surface area contributed by atoms with E-state index in [0.717, 1.165) is 22.0 Å². The van der Waals surface area contributed by atoms with Crippen molar-refractivity contribution in [2.45, 2.75) is 18.7 Å². The quantitative estimate of drug-likeness (QED) is 0.534. The highest BCUT2D eigenvalue weighted by Crippen LogP contribution is 2.22. The molecule has 0 radical (unpaired) electrons. The zero-order valence-corrected chi connectivity index (χ0v) is 19.2. The Bertz CT molecular complexity index is 1290. The first kappa shape index (κ1) is 23.0. The van der Waals surface area contributed by atoms with Gasteiger partial charge in [0.1, 0.15) is 5.69 Å². The normalized spacial score (nSPS) is 14.8. The summed E-state index contributed by atoms with van der Waals surface area (Å²) in [6, 6.07) is 11.5. The van der Waals surface area contributed by atoms with Gasteiger partial charge in [-0.25, -0.2) is 13.2 Å². The molecule has 174 valence electrons. The molecule has 1 fully saturated rings. The number of anilines is 1. The largest absolute Gasteiger partial charge is 0.451 e. The fraction of sp³-hybridized carbons (Fsp3) is 0.304. The van der Waals surface area contributed by atoms with Gasteiger partial charge < -0.3 is 19.8 Å². The van der Waals surface area contributed by atoms with Crippen LogP contribution in [0.1, 0.15) is 21.6 Å². The number of aromatic amines is 1. The molecule has 1 aliphatic rings. The number of esters is 1. The molecule has 0 saturated carbocycles. The minimum atomic E-state index is -3.61. The Morgan fingerprint density at radius 3 is 2.48 bits per heavy atom. The lowest BCUT2D eigenvalue weighted by atomic mass is 10.1. The van der Waals surface area contributed by atoms with E-state index in [0.29, 0.717) is 32.0 Å². The molecule has 33 heavy (non-hydrogen) atoms. The van der Waals surface area contributed by atoms with Gasteiger partial charge in [-0.2, -0.15) is 4.31 Å². The van der Waals surface area contributed by atoms with E-state index in [9.17, 15) is 18.0 Å². The number of H-pyrrole nitrogens is 1. The molecule has 0 atom stereocenters. The first-order valence-electron chi connectivity index (χ1n) is 10.5. The summed E-state index contributed by atoms with van der Waals surface area (Å²) in [5.41, 5.74) is 3.61. The average molecular weight is 472 g/mol. The zero-order valence-electron chi connectivity index (χ0n) is 18.4. The molecule has 0 bridgehead atoms. The van der Waals surface area contributed by atoms with Gasteiger partial charge in [0.2, 0.25) is 10.0 Å². The van der Waals surface area contributed by atoms with Crippen molar-refractivity contribution in [3.63, 3.8) is 0 Å². The van der Waals surface area contributed by atoms with Crippen LogP contribution < -0.4 is 5.32 Å². The van der Waals surface area contributed by atoms with E-state index in [1.807, 2.05) is 26.0 Å². The molecule has 2 aromatic carbocycles. The third-order valence-corrected chi connectivity index (χ3v) is 7.30. The Morgan fingerprint density at radius 1 is 1.09 bits per heavy atom. The Hall–Kier alpha value is -3.21. The van der Waals surface area contributed by atoms with Crippen molar-refractivity contribution in [3.05, 3.63) is 59.3 Å². The number of morpholine rings is 1. The molecular weight excluding hydrogens is 446 g/mol. The summed E-state index contributed by atoms with van der Waals surface area (Å²) in [6.45, 7) is 4.81. The number of carbonyl (C=O) groups excluding carboxylic acids is 2. The molecular formula is C23H25N3O6S. The summed E-state index contributed by atoms with van der Waals surface area (Å²) in [4.78, 5) is 27.7. The van der Waals surface area contributed by atoms with Gasteiger partial charge >= 0.3 is 5.97 Å². The van der Waals surface area contributed by atoms with Crippen molar-refractivity contribution < 1.29 is 27.5 Å². The number of benzene rings is 2. The van der Waals surface area contributed by atoms with Crippen LogP contribution in [0.2, 0.25) is 0 Å². The van der Waals surface area contributed by atoms with Gasteiger partial charge in [0.05, 0.1) is 18.1 Å². The molecule has 2 N–H and O–H groups in total. The van der Waals surface area contributed by atoms with Crippen molar-refractivity contribution in [2.75, 3.05) is 38.2 Å². The number of sulfonamides is 1. The lowest BCUT2D eigenvalue weighted by Gasteiger charge is -2.26. The lowest BCUT2D eigenvalue weighted by Crippen LogP contribution is -2.40. The minimum absolute atomic E-state index is 0.137. The number of amides is 1. The van der Waals surface area contributed by atoms with Gasteiger partial charge in [-0.05, 0) is 61.4 Å². The molecule has 4 rings (SSSR count). The molecule has 1 aliphatic heterocycles. The topological polar surface area (TPSA) is 118 Å². The summed E-state index contributed by atoms with van der Waals surface area (Å²) in [5, 5.41) is 3.52. The van der Waals surface area contributed by atoms with Crippen LogP contribution in [0, 0.1) is 13.8 Å². The van der Waals surface area contributed by atoms with E-state index in [-0.39, 0.29) is 10.6 Å². The fourth-order valence-corrected chi connectivity index (χ4v) is 5.17. The zero-order chi connectivity index (χ0) is 23.6. The second kappa shape index (κ2) is 9.34. The second-order valence-corrected chi connectivity index (χ2v) is 9.83. The van der Waals surface area contributed by atoms with E-state index < -0.39 is 28.5 Å². The van der Waals surface area contributed by atoms with E-state index in [4.69, 9.17) is 9.47 Å². The van der Waals surface area contributed by atoms with Crippen LogP contribution in [-0.2, 0) is 24.3 Å². The van der Waals surface area contributed by atoms with Crippen LogP contribution in [0.5, 0.6) is 0 Å². The average Bonchev–Trinajstić information content (AvgIpc) is 3.23. The molecule has 1 saturated heterocycles. The van der Waals surface area contributed by atoms with Crippen molar-refractivity contribution in [3.8, 4) is 0 Å². The summed E-state index contributed by atoms with van der Waals surface area (Å²) in [7, 11) is -3.61. The molecule has 0 unspecified atom stereocenters. The monoisotopic (exact) mass is 471 g/mol. The number of carbonyl (C=O) groups is 2. The molecule has 3 aromatic rings. The molecule has 1 aromatic heterocycles. The first-order valence-corrected chi connectivity index (χ1v) is 11.9. The number of hydrogen-bond donors (Lipinski definition) is 2. The number of hydrogen-bond acceptors (Lipinski definition) is 6. The predicted octanol–water partition coefficient (Wildman–Crippen LogP) is 2.60. The Kier molecular flexibility index (Phi) is 6.50. The summed E-state index contributed by atoms with van der Waals surface area (Å²) in [6.07, 6.45) is 0.